The van der Waals surface area contributed by atoms with Crippen molar-refractivity contribution in [1.29, 1.82) is 0 Å². The molecule has 0 saturated heterocycles. The molecule has 210 valence electrons. The van der Waals surface area contributed by atoms with Gasteiger partial charge in [0.15, 0.2) is 0 Å². The van der Waals surface area contributed by atoms with Crippen LogP contribution in [0.25, 0.3) is 38.8 Å². The first-order valence-corrected chi connectivity index (χ1v) is 15.1. The van der Waals surface area contributed by atoms with Crippen molar-refractivity contribution in [3.05, 3.63) is 174 Å². The number of anilines is 1. The van der Waals surface area contributed by atoms with Gasteiger partial charge in [0.05, 0.1) is 23.1 Å². The van der Waals surface area contributed by atoms with Crippen LogP contribution in [0.5, 0.6) is 0 Å². The Bertz CT molecular complexity index is 2200. The number of hydrogen-bond donors (Lipinski definition) is 0. The van der Waals surface area contributed by atoms with Crippen LogP contribution in [0.2, 0.25) is 0 Å². The van der Waals surface area contributed by atoms with Gasteiger partial charge in [-0.15, -0.1) is 0 Å². The Morgan fingerprint density at radius 2 is 1.30 bits per heavy atom. The smallest absolute Gasteiger partial charge is 0.137 e. The predicted molar refractivity (Wildman–Crippen MR) is 180 cm³/mol. The van der Waals surface area contributed by atoms with Gasteiger partial charge >= 0.3 is 0 Å². The van der Waals surface area contributed by atoms with Crippen molar-refractivity contribution >= 4 is 27.5 Å². The van der Waals surface area contributed by atoms with Crippen LogP contribution >= 0.6 is 0 Å². The van der Waals surface area contributed by atoms with Gasteiger partial charge in [0.2, 0.25) is 0 Å². The van der Waals surface area contributed by atoms with Gasteiger partial charge in [-0.1, -0.05) is 91.0 Å². The van der Waals surface area contributed by atoms with Gasteiger partial charge in [-0.2, -0.15) is 0 Å². The summed E-state index contributed by atoms with van der Waals surface area (Å²) >= 11 is 0. The van der Waals surface area contributed by atoms with Gasteiger partial charge < -0.3 is 9.80 Å². The van der Waals surface area contributed by atoms with Gasteiger partial charge in [0.1, 0.15) is 5.82 Å². The molecule has 1 aliphatic heterocycles. The van der Waals surface area contributed by atoms with E-state index in [-0.39, 0.29) is 0 Å². The Balaban J connectivity index is 1.37. The second-order valence-electron chi connectivity index (χ2n) is 11.8. The molecular weight excluding hydrogens is 536 g/mol. The molecule has 0 bridgehead atoms. The molecule has 2 aliphatic rings. The summed E-state index contributed by atoms with van der Waals surface area (Å²) in [4.78, 5) is 9.26. The number of para-hydroxylation sites is 1. The van der Waals surface area contributed by atoms with Gasteiger partial charge in [0, 0.05) is 42.1 Å². The summed E-state index contributed by atoms with van der Waals surface area (Å²) in [7, 11) is 2.11. The summed E-state index contributed by atoms with van der Waals surface area (Å²) in [6.45, 7) is 0.836. The lowest BCUT2D eigenvalue weighted by atomic mass is 9.67. The standard InChI is InChI=1S/C40H30N4/c1-42-23-24-43(27-42)30-12-10-11-28(25-30)40(35-16-5-2-13-31(35)32-14-3-6-17-36(32)40)29-20-21-38-34(26-29)33-15-4-7-18-37(33)44(38)39-19-8-9-22-41-39/h2-26H,27H2,1H3. The molecule has 0 radical (unpaired) electrons. The number of aromatic nitrogens is 2. The van der Waals surface area contributed by atoms with Crippen LogP contribution in [-0.4, -0.2) is 28.2 Å². The van der Waals surface area contributed by atoms with Gasteiger partial charge in [-0.3, -0.25) is 4.57 Å². The van der Waals surface area contributed by atoms with E-state index >= 15 is 0 Å². The van der Waals surface area contributed by atoms with E-state index in [0.717, 1.165) is 23.5 Å². The number of pyridine rings is 1. The third-order valence-electron chi connectivity index (χ3n) is 9.42. The minimum Gasteiger partial charge on any atom is -0.361 e. The monoisotopic (exact) mass is 566 g/mol. The van der Waals surface area contributed by atoms with Crippen LogP contribution in [-0.2, 0) is 5.41 Å². The quantitative estimate of drug-likeness (QED) is 0.213. The third kappa shape index (κ3) is 3.42. The highest BCUT2D eigenvalue weighted by Crippen LogP contribution is 2.56. The molecule has 44 heavy (non-hydrogen) atoms. The van der Waals surface area contributed by atoms with E-state index in [4.69, 9.17) is 4.98 Å². The molecule has 4 nitrogen and oxygen atoms in total. The van der Waals surface area contributed by atoms with E-state index in [1.807, 2.05) is 12.3 Å². The van der Waals surface area contributed by atoms with Crippen molar-refractivity contribution in [2.45, 2.75) is 5.41 Å². The van der Waals surface area contributed by atoms with Crippen molar-refractivity contribution in [1.82, 2.24) is 14.5 Å². The third-order valence-corrected chi connectivity index (χ3v) is 9.42. The Kier molecular flexibility index (Phi) is 5.36. The lowest BCUT2D eigenvalue weighted by Crippen LogP contribution is -2.29. The topological polar surface area (TPSA) is 24.3 Å². The zero-order valence-corrected chi connectivity index (χ0v) is 24.4. The van der Waals surface area contributed by atoms with Crippen LogP contribution in [0.3, 0.4) is 0 Å². The lowest BCUT2D eigenvalue weighted by molar-refractivity contribution is 0.495. The Morgan fingerprint density at radius 1 is 0.591 bits per heavy atom. The SMILES string of the molecule is CN1C=CN(c2cccc(C3(c4ccc5c(c4)c4ccccc4n5-c4ccccn4)c4ccccc4-c4ccccc43)c2)C1. The average molecular weight is 567 g/mol. The molecule has 0 atom stereocenters. The molecule has 0 N–H and O–H groups in total. The van der Waals surface area contributed by atoms with Crippen molar-refractivity contribution in [3.8, 4) is 16.9 Å². The zero-order chi connectivity index (χ0) is 29.3. The Hall–Kier alpha value is -5.61. The fraction of sp³-hybridized carbons (Fsp3) is 0.0750. The van der Waals surface area contributed by atoms with Crippen LogP contribution in [0, 0.1) is 0 Å². The first kappa shape index (κ1) is 24.9. The largest absolute Gasteiger partial charge is 0.361 e. The first-order chi connectivity index (χ1) is 21.7. The first-order valence-electron chi connectivity index (χ1n) is 15.1. The lowest BCUT2D eigenvalue weighted by Gasteiger charge is -2.34. The molecule has 0 unspecified atom stereocenters. The summed E-state index contributed by atoms with van der Waals surface area (Å²) in [6.07, 6.45) is 6.17. The van der Waals surface area contributed by atoms with Crippen LogP contribution in [0.15, 0.2) is 152 Å². The van der Waals surface area contributed by atoms with E-state index in [9.17, 15) is 0 Å². The number of benzene rings is 5. The molecule has 7 aromatic rings. The predicted octanol–water partition coefficient (Wildman–Crippen LogP) is 8.72. The molecule has 9 rings (SSSR count). The molecule has 2 aromatic heterocycles. The maximum atomic E-state index is 4.74. The highest BCUT2D eigenvalue weighted by molar-refractivity contribution is 6.09. The van der Waals surface area contributed by atoms with E-state index in [2.05, 4.69) is 161 Å². The van der Waals surface area contributed by atoms with Crippen molar-refractivity contribution in [3.63, 3.8) is 0 Å². The number of hydrogen-bond acceptors (Lipinski definition) is 3. The van der Waals surface area contributed by atoms with E-state index in [0.29, 0.717) is 0 Å². The number of rotatable bonds is 4. The van der Waals surface area contributed by atoms with Gasteiger partial charge in [-0.05, 0) is 75.8 Å². The second-order valence-corrected chi connectivity index (χ2v) is 11.8. The maximum Gasteiger partial charge on any atom is 0.137 e. The summed E-state index contributed by atoms with van der Waals surface area (Å²) < 4.78 is 2.29. The molecule has 5 aromatic carbocycles. The molecule has 0 fully saturated rings. The molecule has 1 aliphatic carbocycles. The van der Waals surface area contributed by atoms with E-state index < -0.39 is 5.41 Å². The van der Waals surface area contributed by atoms with E-state index in [1.165, 1.54) is 49.8 Å². The number of fused-ring (bicyclic) bond motifs is 6. The highest BCUT2D eigenvalue weighted by atomic mass is 15.3. The molecule has 0 spiro atoms. The van der Waals surface area contributed by atoms with Crippen molar-refractivity contribution < 1.29 is 0 Å². The summed E-state index contributed by atoms with van der Waals surface area (Å²) in [5, 5.41) is 2.45. The Morgan fingerprint density at radius 3 is 2.05 bits per heavy atom. The van der Waals surface area contributed by atoms with Gasteiger partial charge in [-0.25, -0.2) is 4.98 Å². The van der Waals surface area contributed by atoms with Crippen molar-refractivity contribution in [2.75, 3.05) is 18.6 Å². The summed E-state index contributed by atoms with van der Waals surface area (Å²) in [6, 6.07) is 48.9. The summed E-state index contributed by atoms with van der Waals surface area (Å²) in [5.74, 6) is 0.925. The van der Waals surface area contributed by atoms with E-state index in [1.54, 1.807) is 0 Å². The molecule has 0 amide bonds. The Labute approximate surface area is 256 Å². The molecule has 0 saturated carbocycles. The maximum absolute atomic E-state index is 4.74. The second kappa shape index (κ2) is 9.45. The van der Waals surface area contributed by atoms with Crippen molar-refractivity contribution in [2.24, 2.45) is 0 Å². The van der Waals surface area contributed by atoms with Crippen LogP contribution < -0.4 is 4.90 Å². The molecule has 3 heterocycles. The normalized spacial score (nSPS) is 14.8. The fourth-order valence-corrected chi connectivity index (χ4v) is 7.58. The van der Waals surface area contributed by atoms with Gasteiger partial charge in [0.25, 0.3) is 0 Å². The zero-order valence-electron chi connectivity index (χ0n) is 24.4. The molecular formula is C40H30N4. The summed E-state index contributed by atoms with van der Waals surface area (Å²) in [5.41, 5.74) is 10.8. The average Bonchev–Trinajstić information content (AvgIpc) is 3.76. The van der Waals surface area contributed by atoms with Crippen LogP contribution in [0.4, 0.5) is 5.69 Å². The van der Waals surface area contributed by atoms with Crippen LogP contribution in [0.1, 0.15) is 22.3 Å². The highest BCUT2D eigenvalue weighted by Gasteiger charge is 2.46. The number of nitrogens with zero attached hydrogens (tertiary/aromatic N) is 4. The minimum absolute atomic E-state index is 0.485. The fourth-order valence-electron chi connectivity index (χ4n) is 7.58. The minimum atomic E-state index is -0.485. The molecule has 4 heteroatoms.